The third-order valence-electron chi connectivity index (χ3n) is 2.18. The largest absolute Gasteiger partial charge is 0.196 e. The molecule has 1 aliphatic rings. The summed E-state index contributed by atoms with van der Waals surface area (Å²) < 4.78 is 0. The lowest BCUT2D eigenvalue weighted by Gasteiger charge is -2.16. The van der Waals surface area contributed by atoms with Crippen molar-refractivity contribution in [2.45, 2.75) is 57.5 Å². The van der Waals surface area contributed by atoms with Crippen LogP contribution in [-0.4, -0.2) is 11.1 Å². The van der Waals surface area contributed by atoms with E-state index in [1.54, 1.807) is 0 Å². The van der Waals surface area contributed by atoms with Crippen molar-refractivity contribution in [2.75, 3.05) is 0 Å². The van der Waals surface area contributed by atoms with Gasteiger partial charge in [-0.1, -0.05) is 0 Å². The van der Waals surface area contributed by atoms with Crippen molar-refractivity contribution in [1.82, 2.24) is 0 Å². The van der Waals surface area contributed by atoms with Gasteiger partial charge >= 0.3 is 0 Å². The molecule has 0 aromatic heterocycles. The summed E-state index contributed by atoms with van der Waals surface area (Å²) >= 11 is 0. The molecule has 0 bridgehead atoms. The van der Waals surface area contributed by atoms with Gasteiger partial charge < -0.3 is 0 Å². The lowest BCUT2D eigenvalue weighted by atomic mass is 10.0. The number of nitrogens with zero attached hydrogens (tertiary/aromatic N) is 3. The van der Waals surface area contributed by atoms with E-state index in [1.165, 1.54) is 0 Å². The predicted molar refractivity (Wildman–Crippen MR) is 51.4 cm³/mol. The molecule has 0 saturated heterocycles. The molecule has 72 valence electrons. The van der Waals surface area contributed by atoms with E-state index in [4.69, 9.17) is 5.26 Å². The minimum absolute atomic E-state index is 0.160. The van der Waals surface area contributed by atoms with Crippen molar-refractivity contribution in [2.24, 2.45) is 10.2 Å². The van der Waals surface area contributed by atoms with Gasteiger partial charge in [-0.2, -0.15) is 15.5 Å². The molecule has 0 aromatic carbocycles. The Labute approximate surface area is 79.9 Å². The Hall–Kier alpha value is -0.910. The number of hydrogen-bond acceptors (Lipinski definition) is 3. The van der Waals surface area contributed by atoms with Crippen LogP contribution in [0.25, 0.3) is 0 Å². The second-order valence-electron chi connectivity index (χ2n) is 4.72. The molecule has 0 radical (unpaired) electrons. The number of rotatable bonds is 1. The van der Waals surface area contributed by atoms with E-state index in [1.807, 2.05) is 20.8 Å². The summed E-state index contributed by atoms with van der Waals surface area (Å²) in [6, 6.07) is 2.29. The Balaban J connectivity index is 2.70. The van der Waals surface area contributed by atoms with Crippen molar-refractivity contribution in [3.8, 4) is 6.07 Å². The Kier molecular flexibility index (Phi) is 2.70. The van der Waals surface area contributed by atoms with Crippen LogP contribution in [0, 0.1) is 11.3 Å². The van der Waals surface area contributed by atoms with Crippen molar-refractivity contribution in [3.05, 3.63) is 0 Å². The van der Waals surface area contributed by atoms with Gasteiger partial charge in [0.1, 0.15) is 0 Å². The summed E-state index contributed by atoms with van der Waals surface area (Å²) in [5.41, 5.74) is -0.653. The molecule has 0 heterocycles. The molecule has 0 aliphatic heterocycles. The van der Waals surface area contributed by atoms with Gasteiger partial charge in [0.15, 0.2) is 5.54 Å². The maximum atomic E-state index is 9.01. The van der Waals surface area contributed by atoms with Gasteiger partial charge in [0.25, 0.3) is 0 Å². The fraction of sp³-hybridized carbons (Fsp3) is 0.900. The van der Waals surface area contributed by atoms with Gasteiger partial charge in [-0.3, -0.25) is 0 Å². The zero-order valence-electron chi connectivity index (χ0n) is 8.67. The minimum atomic E-state index is -0.493. The summed E-state index contributed by atoms with van der Waals surface area (Å²) in [5.74, 6) is 0. The normalized spacial score (nSPS) is 22.0. The molecule has 0 N–H and O–H groups in total. The van der Waals surface area contributed by atoms with E-state index >= 15 is 0 Å². The molecule has 1 rings (SSSR count). The molecule has 0 amide bonds. The molecule has 1 aliphatic carbocycles. The van der Waals surface area contributed by atoms with Crippen LogP contribution >= 0.6 is 0 Å². The Bertz CT molecular complexity index is 236. The van der Waals surface area contributed by atoms with Gasteiger partial charge in [-0.15, -0.1) is 0 Å². The Morgan fingerprint density at radius 3 is 2.15 bits per heavy atom. The molecule has 3 nitrogen and oxygen atoms in total. The van der Waals surface area contributed by atoms with Crippen molar-refractivity contribution in [3.63, 3.8) is 0 Å². The minimum Gasteiger partial charge on any atom is -0.196 e. The number of azo groups is 1. The maximum absolute atomic E-state index is 9.01. The zero-order valence-corrected chi connectivity index (χ0v) is 8.67. The van der Waals surface area contributed by atoms with Crippen LogP contribution in [0.15, 0.2) is 10.2 Å². The SMILES string of the molecule is CC(C)(C)N=NC1(C#N)CCCC1. The van der Waals surface area contributed by atoms with Crippen LogP contribution in [0.3, 0.4) is 0 Å². The van der Waals surface area contributed by atoms with E-state index in [0.717, 1.165) is 25.7 Å². The zero-order chi connectivity index (χ0) is 9.95. The highest BCUT2D eigenvalue weighted by Crippen LogP contribution is 2.33. The second-order valence-corrected chi connectivity index (χ2v) is 4.72. The van der Waals surface area contributed by atoms with Crippen LogP contribution in [0.5, 0.6) is 0 Å². The van der Waals surface area contributed by atoms with Crippen LogP contribution in [0.4, 0.5) is 0 Å². The van der Waals surface area contributed by atoms with E-state index < -0.39 is 5.54 Å². The fourth-order valence-electron chi connectivity index (χ4n) is 1.44. The monoisotopic (exact) mass is 179 g/mol. The average molecular weight is 179 g/mol. The molecule has 1 saturated carbocycles. The summed E-state index contributed by atoms with van der Waals surface area (Å²) in [6.07, 6.45) is 3.97. The Morgan fingerprint density at radius 2 is 1.77 bits per heavy atom. The van der Waals surface area contributed by atoms with E-state index in [2.05, 4.69) is 16.3 Å². The topological polar surface area (TPSA) is 48.5 Å². The lowest BCUT2D eigenvalue weighted by Crippen LogP contribution is -2.20. The molecule has 13 heavy (non-hydrogen) atoms. The van der Waals surface area contributed by atoms with E-state index in [-0.39, 0.29) is 5.54 Å². The van der Waals surface area contributed by atoms with Crippen molar-refractivity contribution >= 4 is 0 Å². The van der Waals surface area contributed by atoms with Gasteiger partial charge in [0.05, 0.1) is 11.6 Å². The highest BCUT2D eigenvalue weighted by atomic mass is 15.2. The smallest absolute Gasteiger partial charge is 0.167 e. The van der Waals surface area contributed by atoms with Gasteiger partial charge in [-0.05, 0) is 46.5 Å². The van der Waals surface area contributed by atoms with Gasteiger partial charge in [0.2, 0.25) is 0 Å². The first-order valence-electron chi connectivity index (χ1n) is 4.83. The summed E-state index contributed by atoms with van der Waals surface area (Å²) in [6.45, 7) is 5.99. The third kappa shape index (κ3) is 2.80. The quantitative estimate of drug-likeness (QED) is 0.570. The highest BCUT2D eigenvalue weighted by molar-refractivity contribution is 5.09. The van der Waals surface area contributed by atoms with Crippen molar-refractivity contribution in [1.29, 1.82) is 5.26 Å². The molecular formula is C10H17N3. The van der Waals surface area contributed by atoms with Crippen LogP contribution in [0.2, 0.25) is 0 Å². The van der Waals surface area contributed by atoms with Gasteiger partial charge in [0, 0.05) is 0 Å². The standard InChI is InChI=1S/C10H17N3/c1-9(2,3)12-13-10(8-11)6-4-5-7-10/h4-7H2,1-3H3. The molecule has 0 spiro atoms. The molecule has 0 atom stereocenters. The molecular weight excluding hydrogens is 162 g/mol. The highest BCUT2D eigenvalue weighted by Gasteiger charge is 2.34. The number of nitriles is 1. The third-order valence-corrected chi connectivity index (χ3v) is 2.18. The summed E-state index contributed by atoms with van der Waals surface area (Å²) in [5, 5.41) is 17.4. The first kappa shape index (κ1) is 10.2. The van der Waals surface area contributed by atoms with Crippen LogP contribution < -0.4 is 0 Å². The van der Waals surface area contributed by atoms with E-state index in [9.17, 15) is 0 Å². The Morgan fingerprint density at radius 1 is 1.23 bits per heavy atom. The predicted octanol–water partition coefficient (Wildman–Crippen LogP) is 3.07. The lowest BCUT2D eigenvalue weighted by molar-refractivity contribution is 0.462. The van der Waals surface area contributed by atoms with Gasteiger partial charge in [-0.25, -0.2) is 0 Å². The van der Waals surface area contributed by atoms with E-state index in [0.29, 0.717) is 0 Å². The molecule has 0 aromatic rings. The average Bonchev–Trinajstić information content (AvgIpc) is 2.49. The summed E-state index contributed by atoms with van der Waals surface area (Å²) in [4.78, 5) is 0. The van der Waals surface area contributed by atoms with Crippen LogP contribution in [-0.2, 0) is 0 Å². The summed E-state index contributed by atoms with van der Waals surface area (Å²) in [7, 11) is 0. The second kappa shape index (κ2) is 3.45. The van der Waals surface area contributed by atoms with Crippen molar-refractivity contribution < 1.29 is 0 Å². The molecule has 3 heteroatoms. The number of hydrogen-bond donors (Lipinski definition) is 0. The first-order valence-corrected chi connectivity index (χ1v) is 4.83. The molecule has 0 unspecified atom stereocenters. The van der Waals surface area contributed by atoms with Crippen LogP contribution in [0.1, 0.15) is 46.5 Å². The first-order chi connectivity index (χ1) is 5.97. The molecule has 1 fully saturated rings. The maximum Gasteiger partial charge on any atom is 0.167 e. The fourth-order valence-corrected chi connectivity index (χ4v) is 1.44.